The normalized spacial score (nSPS) is 23.6. The van der Waals surface area contributed by atoms with Gasteiger partial charge in [0, 0.05) is 13.2 Å². The molecule has 0 aliphatic carbocycles. The Hall–Kier alpha value is -0.120. The number of methoxy groups -OCH3 is 1. The zero-order valence-electron chi connectivity index (χ0n) is 11.2. The Morgan fingerprint density at radius 3 is 2.88 bits per heavy atom. The first-order chi connectivity index (χ1) is 7.77. The first-order valence-corrected chi connectivity index (χ1v) is 6.71. The average Bonchev–Trinajstić information content (AvgIpc) is 2.31. The second-order valence-corrected chi connectivity index (χ2v) is 4.93. The van der Waals surface area contributed by atoms with E-state index in [1.165, 1.54) is 38.9 Å². The number of hydrogen-bond acceptors (Lipinski definition) is 3. The Morgan fingerprint density at radius 2 is 2.31 bits per heavy atom. The molecule has 16 heavy (non-hydrogen) atoms. The van der Waals surface area contributed by atoms with Crippen molar-refractivity contribution in [2.24, 2.45) is 5.92 Å². The molecule has 0 amide bonds. The van der Waals surface area contributed by atoms with Crippen molar-refractivity contribution in [2.75, 3.05) is 39.9 Å². The summed E-state index contributed by atoms with van der Waals surface area (Å²) in [7, 11) is 1.79. The van der Waals surface area contributed by atoms with Crippen molar-refractivity contribution in [3.05, 3.63) is 0 Å². The van der Waals surface area contributed by atoms with Crippen LogP contribution < -0.4 is 5.32 Å². The van der Waals surface area contributed by atoms with Gasteiger partial charge in [0.2, 0.25) is 0 Å². The quantitative estimate of drug-likeness (QED) is 0.718. The van der Waals surface area contributed by atoms with Gasteiger partial charge in [0.1, 0.15) is 0 Å². The predicted octanol–water partition coefficient (Wildman–Crippen LogP) is 1.73. The van der Waals surface area contributed by atoms with E-state index in [-0.39, 0.29) is 0 Å². The summed E-state index contributed by atoms with van der Waals surface area (Å²) in [6.07, 6.45) is 4.09. The molecule has 0 aromatic carbocycles. The monoisotopic (exact) mass is 228 g/mol. The summed E-state index contributed by atoms with van der Waals surface area (Å²) in [5, 5.41) is 3.49. The van der Waals surface area contributed by atoms with E-state index in [9.17, 15) is 0 Å². The molecule has 2 unspecified atom stereocenters. The minimum absolute atomic E-state index is 0.548. The van der Waals surface area contributed by atoms with Crippen LogP contribution >= 0.6 is 0 Å². The molecule has 0 radical (unpaired) electrons. The third-order valence-corrected chi connectivity index (χ3v) is 3.66. The Bertz CT molecular complexity index is 169. The van der Waals surface area contributed by atoms with Gasteiger partial charge in [-0.1, -0.05) is 6.92 Å². The van der Waals surface area contributed by atoms with E-state index in [1.54, 1.807) is 7.11 Å². The van der Waals surface area contributed by atoms with Gasteiger partial charge in [0.15, 0.2) is 0 Å². The van der Waals surface area contributed by atoms with E-state index in [0.717, 1.165) is 19.1 Å². The fraction of sp³-hybridized carbons (Fsp3) is 1.00. The highest BCUT2D eigenvalue weighted by atomic mass is 16.5. The predicted molar refractivity (Wildman–Crippen MR) is 68.8 cm³/mol. The number of likely N-dealkylation sites (N-methyl/N-ethyl adjacent to an activating group) is 1. The molecule has 1 aliphatic heterocycles. The minimum atomic E-state index is 0.548. The maximum absolute atomic E-state index is 5.22. The summed E-state index contributed by atoms with van der Waals surface area (Å²) >= 11 is 0. The highest BCUT2D eigenvalue weighted by Gasteiger charge is 2.16. The first kappa shape index (κ1) is 13.9. The summed E-state index contributed by atoms with van der Waals surface area (Å²) < 4.78 is 5.22. The van der Waals surface area contributed by atoms with Crippen molar-refractivity contribution in [1.29, 1.82) is 0 Å². The van der Waals surface area contributed by atoms with Crippen LogP contribution in [0.25, 0.3) is 0 Å². The lowest BCUT2D eigenvalue weighted by Crippen LogP contribution is -2.39. The van der Waals surface area contributed by atoms with Crippen molar-refractivity contribution in [3.63, 3.8) is 0 Å². The molecule has 1 fully saturated rings. The molecule has 3 nitrogen and oxygen atoms in total. The fourth-order valence-electron chi connectivity index (χ4n) is 2.56. The lowest BCUT2D eigenvalue weighted by atomic mass is 9.96. The van der Waals surface area contributed by atoms with Crippen molar-refractivity contribution in [2.45, 2.75) is 39.2 Å². The van der Waals surface area contributed by atoms with Gasteiger partial charge in [-0.15, -0.1) is 0 Å². The average molecular weight is 228 g/mol. The van der Waals surface area contributed by atoms with Crippen LogP contribution in [0, 0.1) is 5.92 Å². The largest absolute Gasteiger partial charge is 0.383 e. The summed E-state index contributed by atoms with van der Waals surface area (Å²) in [5.41, 5.74) is 0. The second kappa shape index (κ2) is 8.04. The van der Waals surface area contributed by atoms with E-state index in [4.69, 9.17) is 4.74 Å². The number of hydrogen-bond donors (Lipinski definition) is 1. The summed E-state index contributed by atoms with van der Waals surface area (Å²) in [4.78, 5) is 2.53. The van der Waals surface area contributed by atoms with Crippen molar-refractivity contribution < 1.29 is 4.74 Å². The third-order valence-electron chi connectivity index (χ3n) is 3.66. The van der Waals surface area contributed by atoms with Gasteiger partial charge in [-0.05, 0) is 58.3 Å². The molecule has 1 aliphatic rings. The van der Waals surface area contributed by atoms with Gasteiger partial charge in [0.25, 0.3) is 0 Å². The number of piperidine rings is 1. The Labute approximate surface area is 101 Å². The van der Waals surface area contributed by atoms with E-state index in [1.807, 2.05) is 0 Å². The molecular weight excluding hydrogens is 200 g/mol. The van der Waals surface area contributed by atoms with Crippen LogP contribution in [0.2, 0.25) is 0 Å². The van der Waals surface area contributed by atoms with Crippen molar-refractivity contribution in [3.8, 4) is 0 Å². The van der Waals surface area contributed by atoms with Gasteiger partial charge in [-0.25, -0.2) is 0 Å². The molecular formula is C13H28N2O. The van der Waals surface area contributed by atoms with Crippen LogP contribution in [0.5, 0.6) is 0 Å². The van der Waals surface area contributed by atoms with Crippen LogP contribution in [0.4, 0.5) is 0 Å². The van der Waals surface area contributed by atoms with Gasteiger partial charge in [-0.2, -0.15) is 0 Å². The zero-order chi connectivity index (χ0) is 11.8. The first-order valence-electron chi connectivity index (χ1n) is 6.71. The van der Waals surface area contributed by atoms with Crippen LogP contribution in [0.15, 0.2) is 0 Å². The molecule has 1 rings (SSSR count). The van der Waals surface area contributed by atoms with Crippen LogP contribution in [0.3, 0.4) is 0 Å². The van der Waals surface area contributed by atoms with Crippen LogP contribution in [-0.4, -0.2) is 50.8 Å². The maximum Gasteiger partial charge on any atom is 0.0615 e. The molecule has 1 N–H and O–H groups in total. The van der Waals surface area contributed by atoms with Crippen LogP contribution in [-0.2, 0) is 4.74 Å². The third kappa shape index (κ3) is 4.81. The standard InChI is InChI=1S/C13H28N2O/c1-4-15(12(2)11-16-3)9-7-13-6-5-8-14-10-13/h12-14H,4-11H2,1-3H3. The Kier molecular flexibility index (Phi) is 7.01. The topological polar surface area (TPSA) is 24.5 Å². The lowest BCUT2D eigenvalue weighted by Gasteiger charge is -2.30. The maximum atomic E-state index is 5.22. The molecule has 1 saturated heterocycles. The van der Waals surface area contributed by atoms with E-state index < -0.39 is 0 Å². The van der Waals surface area contributed by atoms with E-state index >= 15 is 0 Å². The second-order valence-electron chi connectivity index (χ2n) is 4.93. The molecule has 1 heterocycles. The lowest BCUT2D eigenvalue weighted by molar-refractivity contribution is 0.0973. The molecule has 0 aromatic heterocycles. The fourth-order valence-corrected chi connectivity index (χ4v) is 2.56. The van der Waals surface area contributed by atoms with Gasteiger partial charge in [0.05, 0.1) is 6.61 Å². The zero-order valence-corrected chi connectivity index (χ0v) is 11.2. The molecule has 0 saturated carbocycles. The van der Waals surface area contributed by atoms with Gasteiger partial charge in [-0.3, -0.25) is 4.90 Å². The number of nitrogens with zero attached hydrogens (tertiary/aromatic N) is 1. The molecule has 0 aromatic rings. The molecule has 3 heteroatoms. The molecule has 2 atom stereocenters. The molecule has 96 valence electrons. The smallest absolute Gasteiger partial charge is 0.0615 e. The number of rotatable bonds is 7. The highest BCUT2D eigenvalue weighted by Crippen LogP contribution is 2.15. The molecule has 0 spiro atoms. The number of nitrogens with one attached hydrogen (secondary N) is 1. The van der Waals surface area contributed by atoms with Gasteiger partial charge >= 0.3 is 0 Å². The molecule has 0 bridgehead atoms. The van der Waals surface area contributed by atoms with Crippen molar-refractivity contribution >= 4 is 0 Å². The SMILES string of the molecule is CCN(CCC1CCCNC1)C(C)COC. The van der Waals surface area contributed by atoms with Gasteiger partial charge < -0.3 is 10.1 Å². The minimum Gasteiger partial charge on any atom is -0.383 e. The Morgan fingerprint density at radius 1 is 1.50 bits per heavy atom. The van der Waals surface area contributed by atoms with Crippen LogP contribution in [0.1, 0.15) is 33.1 Å². The number of ether oxygens (including phenoxy) is 1. The summed E-state index contributed by atoms with van der Waals surface area (Å²) in [6, 6.07) is 0.548. The van der Waals surface area contributed by atoms with Crippen molar-refractivity contribution in [1.82, 2.24) is 10.2 Å². The highest BCUT2D eigenvalue weighted by molar-refractivity contribution is 4.72. The van der Waals surface area contributed by atoms with E-state index in [2.05, 4.69) is 24.1 Å². The summed E-state index contributed by atoms with van der Waals surface area (Å²) in [5.74, 6) is 0.887. The Balaban J connectivity index is 2.21. The summed E-state index contributed by atoms with van der Waals surface area (Å²) in [6.45, 7) is 10.1. The van der Waals surface area contributed by atoms with E-state index in [0.29, 0.717) is 6.04 Å².